The first-order chi connectivity index (χ1) is 13.1. The molecule has 0 N–H and O–H groups in total. The average molecular weight is 361 g/mol. The van der Waals surface area contributed by atoms with Gasteiger partial charge in [-0.15, -0.1) is 0 Å². The van der Waals surface area contributed by atoms with E-state index in [0.29, 0.717) is 18.2 Å². The van der Waals surface area contributed by atoms with Crippen LogP contribution in [0.25, 0.3) is 11.1 Å². The van der Waals surface area contributed by atoms with Crippen LogP contribution in [0.1, 0.15) is 46.1 Å². The lowest BCUT2D eigenvalue weighted by molar-refractivity contribution is -0.131. The molecular formula is C23H27N3O. The highest BCUT2D eigenvalue weighted by Crippen LogP contribution is 2.37. The quantitative estimate of drug-likeness (QED) is 0.664. The van der Waals surface area contributed by atoms with Gasteiger partial charge in [0.25, 0.3) is 0 Å². The molecule has 0 fully saturated rings. The summed E-state index contributed by atoms with van der Waals surface area (Å²) in [6.45, 7) is 9.15. The normalized spacial score (nSPS) is 16.8. The summed E-state index contributed by atoms with van der Waals surface area (Å²) in [7, 11) is 0. The van der Waals surface area contributed by atoms with Gasteiger partial charge in [0.05, 0.1) is 35.7 Å². The van der Waals surface area contributed by atoms with E-state index in [-0.39, 0.29) is 0 Å². The number of nitrogens with zero attached hydrogens (tertiary/aromatic N) is 3. The summed E-state index contributed by atoms with van der Waals surface area (Å²) in [5.74, 6) is 0. The van der Waals surface area contributed by atoms with Gasteiger partial charge in [-0.05, 0) is 62.1 Å². The van der Waals surface area contributed by atoms with Gasteiger partial charge in [0, 0.05) is 0 Å². The molecule has 0 amide bonds. The molecule has 0 spiro atoms. The summed E-state index contributed by atoms with van der Waals surface area (Å²) >= 11 is 0. The number of hydrogen-bond donors (Lipinski definition) is 0. The first-order valence-electron chi connectivity index (χ1n) is 9.61. The van der Waals surface area contributed by atoms with E-state index < -0.39 is 0 Å². The van der Waals surface area contributed by atoms with Crippen molar-refractivity contribution in [2.75, 3.05) is 11.6 Å². The van der Waals surface area contributed by atoms with E-state index in [4.69, 9.17) is 4.84 Å². The molecule has 0 saturated carbocycles. The molecule has 27 heavy (non-hydrogen) atoms. The summed E-state index contributed by atoms with van der Waals surface area (Å²) in [4.78, 5) is 5.94. The minimum absolute atomic E-state index is 0.304. The summed E-state index contributed by atoms with van der Waals surface area (Å²) in [6, 6.07) is 18.7. The Bertz CT molecular complexity index is 842. The third-order valence-corrected chi connectivity index (χ3v) is 5.15. The van der Waals surface area contributed by atoms with E-state index in [0.717, 1.165) is 35.4 Å². The molecule has 0 radical (unpaired) electrons. The van der Waals surface area contributed by atoms with Crippen LogP contribution in [0.2, 0.25) is 0 Å². The van der Waals surface area contributed by atoms with Gasteiger partial charge in [-0.25, -0.2) is 0 Å². The van der Waals surface area contributed by atoms with Gasteiger partial charge in [0.2, 0.25) is 0 Å². The molecule has 2 aromatic rings. The third-order valence-electron chi connectivity index (χ3n) is 5.15. The highest BCUT2D eigenvalue weighted by atomic mass is 16.7. The van der Waals surface area contributed by atoms with E-state index >= 15 is 0 Å². The molecule has 3 rings (SSSR count). The van der Waals surface area contributed by atoms with Crippen LogP contribution in [0.5, 0.6) is 0 Å². The number of anilines is 1. The number of hydroxylamine groups is 1. The first-order valence-corrected chi connectivity index (χ1v) is 9.61. The lowest BCUT2D eigenvalue weighted by Gasteiger charge is -2.35. The SMILES string of the molecule is CCCC1C(C)=C(C)N(OCC)N1c1ccc(-c2ccccc2C#N)cc1. The summed E-state index contributed by atoms with van der Waals surface area (Å²) in [5.41, 5.74) is 6.31. The Kier molecular flexibility index (Phi) is 5.83. The molecule has 1 aliphatic rings. The van der Waals surface area contributed by atoms with Crippen molar-refractivity contribution in [3.05, 3.63) is 65.4 Å². The Balaban J connectivity index is 1.96. The molecule has 0 saturated heterocycles. The van der Waals surface area contributed by atoms with Crippen molar-refractivity contribution in [3.8, 4) is 17.2 Å². The molecule has 140 valence electrons. The maximum absolute atomic E-state index is 9.37. The smallest absolute Gasteiger partial charge is 0.0998 e. The van der Waals surface area contributed by atoms with Crippen LogP contribution in [-0.2, 0) is 4.84 Å². The second-order valence-electron chi connectivity index (χ2n) is 6.81. The molecule has 1 aliphatic heterocycles. The van der Waals surface area contributed by atoms with Crippen molar-refractivity contribution in [1.29, 1.82) is 5.26 Å². The highest BCUT2D eigenvalue weighted by Gasteiger charge is 2.35. The monoisotopic (exact) mass is 361 g/mol. The van der Waals surface area contributed by atoms with Crippen molar-refractivity contribution in [1.82, 2.24) is 5.17 Å². The second-order valence-corrected chi connectivity index (χ2v) is 6.81. The second kappa shape index (κ2) is 8.28. The van der Waals surface area contributed by atoms with E-state index in [1.165, 1.54) is 5.57 Å². The van der Waals surface area contributed by atoms with Crippen molar-refractivity contribution < 1.29 is 4.84 Å². The zero-order chi connectivity index (χ0) is 19.4. The third kappa shape index (κ3) is 3.56. The number of benzene rings is 2. The lowest BCUT2D eigenvalue weighted by atomic mass is 9.99. The van der Waals surface area contributed by atoms with Crippen LogP contribution < -0.4 is 5.01 Å². The fourth-order valence-electron chi connectivity index (χ4n) is 3.67. The minimum atomic E-state index is 0.304. The van der Waals surface area contributed by atoms with Crippen LogP contribution >= 0.6 is 0 Å². The number of nitriles is 1. The molecule has 2 aromatic carbocycles. The Morgan fingerprint density at radius 2 is 1.74 bits per heavy atom. The number of hydrazine groups is 1. The standard InChI is InChI=1S/C23H27N3O/c1-5-9-23-17(3)18(4)26(27-6-2)25(23)21-14-12-19(13-15-21)22-11-8-7-10-20(22)16-24/h7-8,10-15,23H,5-6,9H2,1-4H3. The molecule has 0 aliphatic carbocycles. The number of hydrogen-bond acceptors (Lipinski definition) is 4. The van der Waals surface area contributed by atoms with Gasteiger partial charge in [0.15, 0.2) is 0 Å². The van der Waals surface area contributed by atoms with Gasteiger partial charge in [0.1, 0.15) is 0 Å². The molecule has 1 unspecified atom stereocenters. The van der Waals surface area contributed by atoms with Crippen LogP contribution in [0, 0.1) is 11.3 Å². The van der Waals surface area contributed by atoms with E-state index in [1.807, 2.05) is 36.4 Å². The maximum atomic E-state index is 9.37. The molecule has 0 bridgehead atoms. The van der Waals surface area contributed by atoms with Gasteiger partial charge in [-0.3, -0.25) is 9.85 Å². The maximum Gasteiger partial charge on any atom is 0.0998 e. The number of allylic oxidation sites excluding steroid dienone is 1. The summed E-state index contributed by atoms with van der Waals surface area (Å²) < 4.78 is 0. The van der Waals surface area contributed by atoms with E-state index in [1.54, 1.807) is 0 Å². The van der Waals surface area contributed by atoms with Crippen molar-refractivity contribution in [3.63, 3.8) is 0 Å². The van der Waals surface area contributed by atoms with Gasteiger partial charge in [-0.2, -0.15) is 10.4 Å². The van der Waals surface area contributed by atoms with Crippen molar-refractivity contribution in [2.24, 2.45) is 0 Å². The molecule has 1 atom stereocenters. The molecular weight excluding hydrogens is 334 g/mol. The molecule has 0 aromatic heterocycles. The largest absolute Gasteiger partial charge is 0.255 e. The Labute approximate surface area is 162 Å². The average Bonchev–Trinajstić information content (AvgIpc) is 2.93. The fourth-order valence-corrected chi connectivity index (χ4v) is 3.67. The van der Waals surface area contributed by atoms with Crippen LogP contribution in [0.15, 0.2) is 59.8 Å². The zero-order valence-corrected chi connectivity index (χ0v) is 16.6. The van der Waals surface area contributed by atoms with Gasteiger partial charge in [-0.1, -0.05) is 43.7 Å². The van der Waals surface area contributed by atoms with Crippen LogP contribution in [0.3, 0.4) is 0 Å². The van der Waals surface area contributed by atoms with Crippen LogP contribution in [-0.4, -0.2) is 17.8 Å². The minimum Gasteiger partial charge on any atom is -0.255 e. The zero-order valence-electron chi connectivity index (χ0n) is 16.6. The van der Waals surface area contributed by atoms with Crippen molar-refractivity contribution >= 4 is 5.69 Å². The predicted molar refractivity (Wildman–Crippen MR) is 110 cm³/mol. The molecule has 4 nitrogen and oxygen atoms in total. The summed E-state index contributed by atoms with van der Waals surface area (Å²) in [6.07, 6.45) is 2.19. The van der Waals surface area contributed by atoms with Gasteiger partial charge >= 0.3 is 0 Å². The van der Waals surface area contributed by atoms with E-state index in [9.17, 15) is 5.26 Å². The summed E-state index contributed by atoms with van der Waals surface area (Å²) in [5, 5.41) is 13.6. The fraction of sp³-hybridized carbons (Fsp3) is 0.348. The Morgan fingerprint density at radius 1 is 1.04 bits per heavy atom. The Hall–Kier alpha value is -2.77. The predicted octanol–water partition coefficient (Wildman–Crippen LogP) is 5.68. The topological polar surface area (TPSA) is 39.5 Å². The Morgan fingerprint density at radius 3 is 2.37 bits per heavy atom. The van der Waals surface area contributed by atoms with Crippen molar-refractivity contribution in [2.45, 2.75) is 46.6 Å². The van der Waals surface area contributed by atoms with Gasteiger partial charge < -0.3 is 0 Å². The molecule has 4 heteroatoms. The molecule has 1 heterocycles. The van der Waals surface area contributed by atoms with Crippen LogP contribution in [0.4, 0.5) is 5.69 Å². The lowest BCUT2D eigenvalue weighted by Crippen LogP contribution is -2.42. The van der Waals surface area contributed by atoms with E-state index in [2.05, 4.69) is 56.1 Å². The number of rotatable bonds is 6. The first kappa shape index (κ1) is 19.0. The highest BCUT2D eigenvalue weighted by molar-refractivity contribution is 5.72.